The lowest BCUT2D eigenvalue weighted by atomic mass is 10.1. The molecule has 1 aliphatic rings. The molecule has 0 saturated carbocycles. The Labute approximate surface area is 131 Å². The first-order valence-corrected chi connectivity index (χ1v) is 7.28. The first kappa shape index (κ1) is 15.5. The Morgan fingerprint density at radius 1 is 1.30 bits per heavy atom. The Bertz CT molecular complexity index is 707. The van der Waals surface area contributed by atoms with Crippen LogP contribution in [0, 0.1) is 0 Å². The van der Waals surface area contributed by atoms with Crippen molar-refractivity contribution in [3.8, 4) is 5.82 Å². The van der Waals surface area contributed by atoms with Gasteiger partial charge in [0.25, 0.3) is 5.92 Å². The third-order valence-electron chi connectivity index (χ3n) is 3.85. The van der Waals surface area contributed by atoms with E-state index >= 15 is 0 Å². The van der Waals surface area contributed by atoms with Crippen molar-refractivity contribution in [3.05, 3.63) is 41.9 Å². The van der Waals surface area contributed by atoms with E-state index in [1.165, 1.54) is 16.9 Å². The van der Waals surface area contributed by atoms with Crippen LogP contribution in [0.3, 0.4) is 0 Å². The summed E-state index contributed by atoms with van der Waals surface area (Å²) >= 11 is 0. The minimum atomic E-state index is -2.57. The lowest BCUT2D eigenvalue weighted by Gasteiger charge is -2.31. The van der Waals surface area contributed by atoms with Gasteiger partial charge in [0, 0.05) is 44.9 Å². The van der Waals surface area contributed by atoms with E-state index in [9.17, 15) is 18.7 Å². The zero-order valence-corrected chi connectivity index (χ0v) is 12.3. The Hall–Kier alpha value is -2.35. The highest BCUT2D eigenvalue weighted by molar-refractivity contribution is 5.90. The second-order valence-corrected chi connectivity index (χ2v) is 5.56. The molecule has 0 spiro atoms. The fourth-order valence-corrected chi connectivity index (χ4v) is 2.58. The number of carboxylic acid groups (broad SMARTS) is 1. The summed E-state index contributed by atoms with van der Waals surface area (Å²) in [6.45, 7) is 1.10. The van der Waals surface area contributed by atoms with Gasteiger partial charge in [0.05, 0.1) is 5.69 Å². The van der Waals surface area contributed by atoms with Gasteiger partial charge in [0.15, 0.2) is 5.82 Å². The maximum absolute atomic E-state index is 13.2. The van der Waals surface area contributed by atoms with Crippen molar-refractivity contribution in [3.63, 3.8) is 0 Å². The molecule has 6 nitrogen and oxygen atoms in total. The average molecular weight is 322 g/mol. The summed E-state index contributed by atoms with van der Waals surface area (Å²) in [5, 5.41) is 13.5. The van der Waals surface area contributed by atoms with Crippen molar-refractivity contribution in [1.82, 2.24) is 19.7 Å². The predicted molar refractivity (Wildman–Crippen MR) is 77.8 cm³/mol. The fourth-order valence-electron chi connectivity index (χ4n) is 2.58. The van der Waals surface area contributed by atoms with Crippen LogP contribution in [0.1, 0.15) is 28.9 Å². The SMILES string of the molecule is O=C(O)c1cccnc1-n1ccc(CN2CCC(F)(F)CC2)n1. The van der Waals surface area contributed by atoms with Gasteiger partial charge >= 0.3 is 5.97 Å². The van der Waals surface area contributed by atoms with Crippen molar-refractivity contribution in [2.75, 3.05) is 13.1 Å². The second-order valence-electron chi connectivity index (χ2n) is 5.56. The van der Waals surface area contributed by atoms with Crippen LogP contribution in [0.5, 0.6) is 0 Å². The van der Waals surface area contributed by atoms with E-state index in [1.807, 2.05) is 4.90 Å². The van der Waals surface area contributed by atoms with E-state index in [0.29, 0.717) is 25.3 Å². The topological polar surface area (TPSA) is 71.2 Å². The maximum atomic E-state index is 13.2. The lowest BCUT2D eigenvalue weighted by Crippen LogP contribution is -2.38. The predicted octanol–water partition coefficient (Wildman–Crippen LogP) is 2.20. The number of carbonyl (C=O) groups is 1. The number of alkyl halides is 2. The van der Waals surface area contributed by atoms with Crippen molar-refractivity contribution in [2.24, 2.45) is 0 Å². The van der Waals surface area contributed by atoms with Crippen LogP contribution in [0.25, 0.3) is 5.82 Å². The number of carboxylic acids is 1. The molecule has 122 valence electrons. The molecule has 0 atom stereocenters. The normalized spacial score (nSPS) is 18.0. The third kappa shape index (κ3) is 3.53. The van der Waals surface area contributed by atoms with Crippen LogP contribution in [-0.4, -0.2) is 49.8 Å². The number of likely N-dealkylation sites (tertiary alicyclic amines) is 1. The van der Waals surface area contributed by atoms with E-state index < -0.39 is 11.9 Å². The molecule has 2 aromatic rings. The molecule has 0 bridgehead atoms. The van der Waals surface area contributed by atoms with Gasteiger partial charge in [-0.2, -0.15) is 5.10 Å². The molecule has 0 aliphatic carbocycles. The summed E-state index contributed by atoms with van der Waals surface area (Å²) in [7, 11) is 0. The number of halogens is 2. The number of pyridine rings is 1. The van der Waals surface area contributed by atoms with E-state index in [4.69, 9.17) is 0 Å². The molecule has 0 amide bonds. The van der Waals surface area contributed by atoms with E-state index in [-0.39, 0.29) is 24.2 Å². The first-order valence-electron chi connectivity index (χ1n) is 7.28. The summed E-state index contributed by atoms with van der Waals surface area (Å²) in [6.07, 6.45) is 2.84. The molecule has 3 rings (SSSR count). The zero-order valence-electron chi connectivity index (χ0n) is 12.3. The summed E-state index contributed by atoms with van der Waals surface area (Å²) in [5.41, 5.74) is 0.747. The Balaban J connectivity index is 1.73. The molecule has 1 N–H and O–H groups in total. The van der Waals surface area contributed by atoms with Crippen molar-refractivity contribution in [1.29, 1.82) is 0 Å². The molecular formula is C15H16F2N4O2. The van der Waals surface area contributed by atoms with Crippen LogP contribution in [0.2, 0.25) is 0 Å². The van der Waals surface area contributed by atoms with E-state index in [1.54, 1.807) is 18.3 Å². The number of aromatic carboxylic acids is 1. The summed E-state index contributed by atoms with van der Waals surface area (Å²) < 4.78 is 27.7. The van der Waals surface area contributed by atoms with E-state index in [2.05, 4.69) is 10.1 Å². The van der Waals surface area contributed by atoms with Gasteiger partial charge in [0.1, 0.15) is 5.56 Å². The fraction of sp³-hybridized carbons (Fsp3) is 0.400. The van der Waals surface area contributed by atoms with Gasteiger partial charge in [-0.05, 0) is 18.2 Å². The van der Waals surface area contributed by atoms with Crippen LogP contribution in [0.4, 0.5) is 8.78 Å². The number of rotatable bonds is 4. The quantitative estimate of drug-likeness (QED) is 0.934. The second kappa shape index (κ2) is 6.04. The smallest absolute Gasteiger partial charge is 0.339 e. The highest BCUT2D eigenvalue weighted by atomic mass is 19.3. The molecule has 1 saturated heterocycles. The maximum Gasteiger partial charge on any atom is 0.339 e. The van der Waals surface area contributed by atoms with Crippen LogP contribution in [0.15, 0.2) is 30.6 Å². The Kier molecular flexibility index (Phi) is 4.08. The van der Waals surface area contributed by atoms with Crippen LogP contribution >= 0.6 is 0 Å². The molecule has 0 unspecified atom stereocenters. The zero-order chi connectivity index (χ0) is 16.4. The summed E-state index contributed by atoms with van der Waals surface area (Å²) in [6, 6.07) is 4.75. The van der Waals surface area contributed by atoms with Gasteiger partial charge in [0.2, 0.25) is 0 Å². The number of nitrogens with zero attached hydrogens (tertiary/aromatic N) is 4. The molecule has 1 aliphatic heterocycles. The molecule has 1 fully saturated rings. The molecule has 8 heteroatoms. The molecule has 2 aromatic heterocycles. The van der Waals surface area contributed by atoms with E-state index in [0.717, 1.165) is 0 Å². The first-order chi connectivity index (χ1) is 10.9. The third-order valence-corrected chi connectivity index (χ3v) is 3.85. The number of hydrogen-bond donors (Lipinski definition) is 1. The van der Waals surface area contributed by atoms with Crippen molar-refractivity contribution in [2.45, 2.75) is 25.3 Å². The van der Waals surface area contributed by atoms with Crippen LogP contribution < -0.4 is 0 Å². The largest absolute Gasteiger partial charge is 0.478 e. The highest BCUT2D eigenvalue weighted by Crippen LogP contribution is 2.28. The highest BCUT2D eigenvalue weighted by Gasteiger charge is 2.34. The monoisotopic (exact) mass is 322 g/mol. The van der Waals surface area contributed by atoms with Gasteiger partial charge in [-0.3, -0.25) is 4.90 Å². The minimum Gasteiger partial charge on any atom is -0.478 e. The number of hydrogen-bond acceptors (Lipinski definition) is 4. The molecule has 3 heterocycles. The van der Waals surface area contributed by atoms with Gasteiger partial charge < -0.3 is 5.11 Å². The van der Waals surface area contributed by atoms with Gasteiger partial charge in [-0.1, -0.05) is 0 Å². The van der Waals surface area contributed by atoms with Crippen molar-refractivity contribution < 1.29 is 18.7 Å². The van der Waals surface area contributed by atoms with Crippen LogP contribution in [-0.2, 0) is 6.54 Å². The van der Waals surface area contributed by atoms with Gasteiger partial charge in [-0.15, -0.1) is 0 Å². The molecular weight excluding hydrogens is 306 g/mol. The van der Waals surface area contributed by atoms with Gasteiger partial charge in [-0.25, -0.2) is 23.2 Å². The lowest BCUT2D eigenvalue weighted by molar-refractivity contribution is -0.0568. The Morgan fingerprint density at radius 3 is 2.74 bits per heavy atom. The standard InChI is InChI=1S/C15H16F2N4O2/c16-15(17)4-8-20(9-5-15)10-11-3-7-21(19-11)13-12(14(22)23)2-1-6-18-13/h1-3,6-7H,4-5,8-10H2,(H,22,23). The summed E-state index contributed by atoms with van der Waals surface area (Å²) in [5.74, 6) is -3.42. The number of piperidine rings is 1. The minimum absolute atomic E-state index is 0.0553. The molecule has 0 radical (unpaired) electrons. The molecule has 23 heavy (non-hydrogen) atoms. The Morgan fingerprint density at radius 2 is 2.04 bits per heavy atom. The number of aromatic nitrogens is 3. The molecule has 0 aromatic carbocycles. The van der Waals surface area contributed by atoms with Crippen molar-refractivity contribution >= 4 is 5.97 Å². The average Bonchev–Trinajstić information content (AvgIpc) is 2.98. The summed E-state index contributed by atoms with van der Waals surface area (Å²) in [4.78, 5) is 17.2.